The maximum atomic E-state index is 13.1. The van der Waals surface area contributed by atoms with Crippen LogP contribution in [0, 0.1) is 22.2 Å². The highest BCUT2D eigenvalue weighted by Gasteiger charge is 2.62. The predicted octanol–water partition coefficient (Wildman–Crippen LogP) is 3.53. The van der Waals surface area contributed by atoms with Crippen molar-refractivity contribution in [2.24, 2.45) is 29.2 Å². The molecule has 1 aromatic rings. The number of ketones is 1. The quantitative estimate of drug-likeness (QED) is 0.852. The first-order valence-electron chi connectivity index (χ1n) is 8.31. The fraction of sp³-hybridized carbons (Fsp3) is 0.778. The van der Waals surface area contributed by atoms with Gasteiger partial charge in [-0.1, -0.05) is 13.8 Å². The molecule has 3 nitrogen and oxygen atoms in total. The number of carbonyl (C=O) groups is 1. The molecule has 4 aliphatic rings. The normalized spacial score (nSPS) is 44.2. The van der Waals surface area contributed by atoms with Gasteiger partial charge in [-0.15, -0.1) is 0 Å². The fourth-order valence-corrected chi connectivity index (χ4v) is 6.69. The summed E-state index contributed by atoms with van der Waals surface area (Å²) in [5.41, 5.74) is 1.88. The van der Waals surface area contributed by atoms with E-state index in [9.17, 15) is 4.79 Å². The lowest BCUT2D eigenvalue weighted by Gasteiger charge is -2.64. The molecule has 0 aromatic carbocycles. The minimum absolute atomic E-state index is 0.0290. The van der Waals surface area contributed by atoms with Gasteiger partial charge in [0.25, 0.3) is 0 Å². The van der Waals surface area contributed by atoms with E-state index in [1.54, 1.807) is 4.68 Å². The van der Waals surface area contributed by atoms with Crippen molar-refractivity contribution in [1.82, 2.24) is 9.78 Å². The van der Waals surface area contributed by atoms with E-state index in [0.29, 0.717) is 23.0 Å². The van der Waals surface area contributed by atoms with Crippen LogP contribution in [0.4, 0.5) is 0 Å². The Labute approximate surface area is 127 Å². The molecule has 4 saturated carbocycles. The van der Waals surface area contributed by atoms with Crippen molar-refractivity contribution in [3.63, 3.8) is 0 Å². The molecule has 2 atom stereocenters. The van der Waals surface area contributed by atoms with Crippen LogP contribution in [0.5, 0.6) is 0 Å². The molecule has 4 bridgehead atoms. The van der Waals surface area contributed by atoms with Gasteiger partial charge >= 0.3 is 0 Å². The molecular formula is C18H26N2O. The van der Waals surface area contributed by atoms with Crippen molar-refractivity contribution in [3.05, 3.63) is 18.0 Å². The van der Waals surface area contributed by atoms with Gasteiger partial charge in [-0.3, -0.25) is 9.48 Å². The van der Waals surface area contributed by atoms with E-state index in [1.165, 1.54) is 19.3 Å². The van der Waals surface area contributed by atoms with Crippen molar-refractivity contribution in [1.29, 1.82) is 0 Å². The van der Waals surface area contributed by atoms with Crippen molar-refractivity contribution in [3.8, 4) is 0 Å². The maximum absolute atomic E-state index is 13.1. The molecule has 21 heavy (non-hydrogen) atoms. The smallest absolute Gasteiger partial charge is 0.143 e. The lowest BCUT2D eigenvalue weighted by molar-refractivity contribution is -0.167. The van der Waals surface area contributed by atoms with Crippen LogP contribution in [0.3, 0.4) is 0 Å². The molecular weight excluding hydrogens is 260 g/mol. The summed E-state index contributed by atoms with van der Waals surface area (Å²) in [5, 5.41) is 4.21. The molecule has 0 aliphatic heterocycles. The fourth-order valence-electron chi connectivity index (χ4n) is 6.69. The molecule has 2 unspecified atom stereocenters. The summed E-state index contributed by atoms with van der Waals surface area (Å²) in [4.78, 5) is 13.1. The van der Waals surface area contributed by atoms with Gasteiger partial charge in [0, 0.05) is 25.1 Å². The van der Waals surface area contributed by atoms with Gasteiger partial charge in [0.2, 0.25) is 0 Å². The zero-order valence-electron chi connectivity index (χ0n) is 13.5. The second kappa shape index (κ2) is 3.99. The number of Topliss-reactive ketones (excluding diaryl/α,β-unsaturated/α-hetero) is 1. The van der Waals surface area contributed by atoms with Gasteiger partial charge in [-0.25, -0.2) is 0 Å². The lowest BCUT2D eigenvalue weighted by atomic mass is 9.39. The standard InChI is InChI=1S/C18H26N2O/c1-16-5-14-6-17(2,10-16)12-18(7-14,11-16)15(21)4-13-8-19-20(3)9-13/h8-9,14H,4-7,10-12H2,1-3H3. The first-order chi connectivity index (χ1) is 9.80. The lowest BCUT2D eigenvalue weighted by Crippen LogP contribution is -2.57. The van der Waals surface area contributed by atoms with Gasteiger partial charge < -0.3 is 0 Å². The van der Waals surface area contributed by atoms with Crippen molar-refractivity contribution < 1.29 is 4.79 Å². The Kier molecular flexibility index (Phi) is 2.57. The summed E-state index contributed by atoms with van der Waals surface area (Å²) in [6.07, 6.45) is 11.9. The summed E-state index contributed by atoms with van der Waals surface area (Å²) in [6, 6.07) is 0. The van der Waals surface area contributed by atoms with Crippen LogP contribution in [0.15, 0.2) is 12.4 Å². The third-order valence-corrected chi connectivity index (χ3v) is 6.34. The van der Waals surface area contributed by atoms with E-state index in [0.717, 1.165) is 30.7 Å². The number of hydrogen-bond donors (Lipinski definition) is 0. The zero-order chi connectivity index (χ0) is 14.9. The van der Waals surface area contributed by atoms with Gasteiger partial charge in [0.15, 0.2) is 0 Å². The number of aromatic nitrogens is 2. The largest absolute Gasteiger partial charge is 0.299 e. The van der Waals surface area contributed by atoms with Crippen LogP contribution >= 0.6 is 0 Å². The average molecular weight is 286 g/mol. The molecule has 0 spiro atoms. The van der Waals surface area contributed by atoms with E-state index in [-0.39, 0.29) is 5.41 Å². The molecule has 1 aromatic heterocycles. The average Bonchev–Trinajstić information content (AvgIpc) is 2.69. The van der Waals surface area contributed by atoms with Gasteiger partial charge in [-0.2, -0.15) is 5.10 Å². The first-order valence-corrected chi connectivity index (χ1v) is 8.31. The Morgan fingerprint density at radius 3 is 2.43 bits per heavy atom. The molecule has 0 saturated heterocycles. The molecule has 0 radical (unpaired) electrons. The molecule has 114 valence electrons. The van der Waals surface area contributed by atoms with Crippen LogP contribution in [-0.2, 0) is 18.3 Å². The van der Waals surface area contributed by atoms with Crippen molar-refractivity contribution >= 4 is 5.78 Å². The summed E-state index contributed by atoms with van der Waals surface area (Å²) in [6.45, 7) is 4.86. The van der Waals surface area contributed by atoms with Crippen LogP contribution in [-0.4, -0.2) is 15.6 Å². The number of nitrogens with zero attached hydrogens (tertiary/aromatic N) is 2. The first kappa shape index (κ1) is 13.5. The molecule has 4 aliphatic carbocycles. The third kappa shape index (κ3) is 2.08. The highest BCUT2D eigenvalue weighted by atomic mass is 16.1. The van der Waals surface area contributed by atoms with Gasteiger partial charge in [0.05, 0.1) is 6.20 Å². The highest BCUT2D eigenvalue weighted by Crippen LogP contribution is 2.69. The Morgan fingerprint density at radius 1 is 1.24 bits per heavy atom. The van der Waals surface area contributed by atoms with Gasteiger partial charge in [0.1, 0.15) is 5.78 Å². The van der Waals surface area contributed by atoms with E-state index in [4.69, 9.17) is 0 Å². The maximum Gasteiger partial charge on any atom is 0.143 e. The number of carbonyl (C=O) groups excluding carboxylic acids is 1. The van der Waals surface area contributed by atoms with Crippen molar-refractivity contribution in [2.75, 3.05) is 0 Å². The molecule has 0 amide bonds. The highest BCUT2D eigenvalue weighted by molar-refractivity contribution is 5.87. The van der Waals surface area contributed by atoms with E-state index >= 15 is 0 Å². The van der Waals surface area contributed by atoms with E-state index in [1.807, 2.05) is 19.4 Å². The summed E-state index contributed by atoms with van der Waals surface area (Å²) in [5.74, 6) is 1.27. The number of aryl methyl sites for hydroxylation is 1. The molecule has 3 heteroatoms. The summed E-state index contributed by atoms with van der Waals surface area (Å²) < 4.78 is 1.80. The van der Waals surface area contributed by atoms with Gasteiger partial charge in [-0.05, 0) is 60.8 Å². The Morgan fingerprint density at radius 2 is 1.90 bits per heavy atom. The van der Waals surface area contributed by atoms with Crippen LogP contribution in [0.1, 0.15) is 57.9 Å². The summed E-state index contributed by atoms with van der Waals surface area (Å²) >= 11 is 0. The molecule has 5 rings (SSSR count). The second-order valence-electron chi connectivity index (χ2n) is 9.03. The van der Waals surface area contributed by atoms with Crippen molar-refractivity contribution in [2.45, 2.75) is 58.8 Å². The summed E-state index contributed by atoms with van der Waals surface area (Å²) in [7, 11) is 1.92. The predicted molar refractivity (Wildman–Crippen MR) is 81.8 cm³/mol. The molecule has 4 fully saturated rings. The second-order valence-corrected chi connectivity index (χ2v) is 9.03. The number of rotatable bonds is 3. The molecule has 0 N–H and O–H groups in total. The monoisotopic (exact) mass is 286 g/mol. The van der Waals surface area contributed by atoms with Crippen LogP contribution in [0.25, 0.3) is 0 Å². The van der Waals surface area contributed by atoms with Crippen LogP contribution < -0.4 is 0 Å². The SMILES string of the molecule is Cn1cc(CC(=O)C23CC4CC(C)(CC(C)(C4)C2)C3)cn1. The number of hydrogen-bond acceptors (Lipinski definition) is 2. The topological polar surface area (TPSA) is 34.9 Å². The Bertz CT molecular complexity index is 584. The molecule has 1 heterocycles. The minimum Gasteiger partial charge on any atom is -0.299 e. The Balaban J connectivity index is 1.63. The zero-order valence-corrected chi connectivity index (χ0v) is 13.5. The third-order valence-electron chi connectivity index (χ3n) is 6.34. The minimum atomic E-state index is -0.0290. The van der Waals surface area contributed by atoms with E-state index < -0.39 is 0 Å². The van der Waals surface area contributed by atoms with Crippen LogP contribution in [0.2, 0.25) is 0 Å². The Hall–Kier alpha value is -1.12. The van der Waals surface area contributed by atoms with E-state index in [2.05, 4.69) is 18.9 Å².